The Morgan fingerprint density at radius 1 is 1.21 bits per heavy atom. The zero-order chi connectivity index (χ0) is 17.2. The van der Waals surface area contributed by atoms with Gasteiger partial charge in [-0.3, -0.25) is 4.57 Å². The van der Waals surface area contributed by atoms with Crippen molar-refractivity contribution in [1.29, 1.82) is 0 Å². The van der Waals surface area contributed by atoms with Crippen LogP contribution in [0.25, 0.3) is 0 Å². The molecular formula is C11H12ClF3N6OS2. The molecule has 0 atom stereocenters. The Labute approximate surface area is 148 Å². The Morgan fingerprint density at radius 2 is 1.96 bits per heavy atom. The molecule has 132 valence electrons. The SMILES string of the molecule is FC(F)(F)Cn1c(SCc2nnsc2Cl)nnc1N1CCOCC1. The van der Waals surface area contributed by atoms with E-state index in [4.69, 9.17) is 16.3 Å². The van der Waals surface area contributed by atoms with Gasteiger partial charge in [0.1, 0.15) is 16.6 Å². The van der Waals surface area contributed by atoms with E-state index in [9.17, 15) is 13.2 Å². The second-order valence-corrected chi connectivity index (χ2v) is 7.16. The third-order valence-electron chi connectivity index (χ3n) is 3.18. The summed E-state index contributed by atoms with van der Waals surface area (Å²) < 4.78 is 49.3. The Bertz CT molecular complexity index is 688. The number of nitrogens with zero attached hydrogens (tertiary/aromatic N) is 6. The fraction of sp³-hybridized carbons (Fsp3) is 0.636. The second kappa shape index (κ2) is 7.42. The molecule has 1 fully saturated rings. The van der Waals surface area contributed by atoms with Gasteiger partial charge in [0.25, 0.3) is 0 Å². The molecule has 0 amide bonds. The molecule has 0 spiro atoms. The highest BCUT2D eigenvalue weighted by atomic mass is 35.5. The van der Waals surface area contributed by atoms with E-state index >= 15 is 0 Å². The first-order valence-corrected chi connectivity index (χ1v) is 9.00. The van der Waals surface area contributed by atoms with Crippen molar-refractivity contribution in [3.8, 4) is 0 Å². The Balaban J connectivity index is 1.81. The molecule has 1 aliphatic rings. The van der Waals surface area contributed by atoms with E-state index in [1.807, 2.05) is 0 Å². The topological polar surface area (TPSA) is 69.0 Å². The summed E-state index contributed by atoms with van der Waals surface area (Å²) in [5, 5.41) is 11.9. The summed E-state index contributed by atoms with van der Waals surface area (Å²) in [6, 6.07) is 0. The summed E-state index contributed by atoms with van der Waals surface area (Å²) in [7, 11) is 0. The summed E-state index contributed by atoms with van der Waals surface area (Å²) in [5.74, 6) is 0.467. The van der Waals surface area contributed by atoms with E-state index in [0.717, 1.165) is 27.9 Å². The normalized spacial score (nSPS) is 15.9. The summed E-state index contributed by atoms with van der Waals surface area (Å²) in [6.45, 7) is 0.686. The van der Waals surface area contributed by atoms with Crippen molar-refractivity contribution in [2.24, 2.45) is 0 Å². The van der Waals surface area contributed by atoms with Crippen LogP contribution in [0, 0.1) is 0 Å². The van der Waals surface area contributed by atoms with Gasteiger partial charge in [0.2, 0.25) is 5.95 Å². The lowest BCUT2D eigenvalue weighted by Gasteiger charge is -2.28. The molecule has 24 heavy (non-hydrogen) atoms. The molecule has 0 bridgehead atoms. The van der Waals surface area contributed by atoms with Gasteiger partial charge >= 0.3 is 6.18 Å². The molecule has 7 nitrogen and oxygen atoms in total. The number of aromatic nitrogens is 5. The van der Waals surface area contributed by atoms with Crippen molar-refractivity contribution in [2.45, 2.75) is 23.6 Å². The standard InChI is InChI=1S/C11H12ClF3N6OS2/c12-8-7(16-19-24-8)5-23-10-18-17-9(20-1-3-22-4-2-20)21(10)6-11(13,14)15/h1-6H2. The van der Waals surface area contributed by atoms with Crippen molar-refractivity contribution in [2.75, 3.05) is 31.2 Å². The monoisotopic (exact) mass is 400 g/mol. The molecule has 3 rings (SSSR count). The molecule has 0 aliphatic carbocycles. The minimum absolute atomic E-state index is 0.165. The van der Waals surface area contributed by atoms with Crippen LogP contribution in [0.15, 0.2) is 5.16 Å². The average Bonchev–Trinajstić information content (AvgIpc) is 3.11. The summed E-state index contributed by atoms with van der Waals surface area (Å²) in [5.41, 5.74) is 0.515. The van der Waals surface area contributed by atoms with E-state index in [1.54, 1.807) is 4.90 Å². The predicted molar refractivity (Wildman–Crippen MR) is 83.6 cm³/mol. The highest BCUT2D eigenvalue weighted by molar-refractivity contribution is 7.98. The van der Waals surface area contributed by atoms with Crippen LogP contribution in [0.1, 0.15) is 5.69 Å². The third kappa shape index (κ3) is 4.29. The first-order valence-electron chi connectivity index (χ1n) is 6.86. The summed E-state index contributed by atoms with van der Waals surface area (Å²) >= 11 is 8.04. The van der Waals surface area contributed by atoms with Crippen LogP contribution in [-0.4, -0.2) is 56.8 Å². The number of ether oxygens (including phenoxy) is 1. The summed E-state index contributed by atoms with van der Waals surface area (Å²) in [6.07, 6.45) is -4.38. The van der Waals surface area contributed by atoms with Gasteiger partial charge in [0, 0.05) is 30.4 Å². The van der Waals surface area contributed by atoms with Crippen molar-refractivity contribution in [3.63, 3.8) is 0 Å². The molecule has 3 heterocycles. The molecule has 2 aromatic rings. The smallest absolute Gasteiger partial charge is 0.378 e. The Morgan fingerprint density at radius 3 is 2.58 bits per heavy atom. The van der Waals surface area contributed by atoms with Gasteiger partial charge in [-0.15, -0.1) is 15.3 Å². The molecule has 13 heteroatoms. The fourth-order valence-corrected chi connectivity index (χ4v) is 3.78. The molecule has 0 saturated carbocycles. The average molecular weight is 401 g/mol. The van der Waals surface area contributed by atoms with Gasteiger partial charge in [0.15, 0.2) is 5.16 Å². The molecule has 0 radical (unpaired) electrons. The van der Waals surface area contributed by atoms with E-state index in [1.165, 1.54) is 0 Å². The zero-order valence-electron chi connectivity index (χ0n) is 12.2. The minimum Gasteiger partial charge on any atom is -0.378 e. The fourth-order valence-electron chi connectivity index (χ4n) is 2.12. The number of halogens is 4. The number of anilines is 1. The molecule has 0 N–H and O–H groups in total. The molecule has 1 aliphatic heterocycles. The van der Waals surface area contributed by atoms with Gasteiger partial charge in [0.05, 0.1) is 13.2 Å². The highest BCUT2D eigenvalue weighted by Crippen LogP contribution is 2.31. The van der Waals surface area contributed by atoms with Crippen LogP contribution in [0.5, 0.6) is 0 Å². The van der Waals surface area contributed by atoms with Crippen molar-refractivity contribution in [1.82, 2.24) is 24.4 Å². The van der Waals surface area contributed by atoms with Crippen molar-refractivity contribution >= 4 is 40.8 Å². The lowest BCUT2D eigenvalue weighted by atomic mass is 10.4. The quantitative estimate of drug-likeness (QED) is 0.714. The molecule has 0 aromatic carbocycles. The van der Waals surface area contributed by atoms with Gasteiger partial charge in [-0.25, -0.2) is 0 Å². The lowest BCUT2D eigenvalue weighted by Crippen LogP contribution is -2.38. The van der Waals surface area contributed by atoms with Crippen LogP contribution >= 0.6 is 34.9 Å². The molecular weight excluding hydrogens is 389 g/mol. The number of hydrogen-bond donors (Lipinski definition) is 0. The third-order valence-corrected chi connectivity index (χ3v) is 5.14. The number of thioether (sulfide) groups is 1. The lowest BCUT2D eigenvalue weighted by molar-refractivity contribution is -0.141. The number of morpholine rings is 1. The maximum Gasteiger partial charge on any atom is 0.406 e. The van der Waals surface area contributed by atoms with E-state index in [2.05, 4.69) is 19.8 Å². The number of alkyl halides is 3. The number of hydrogen-bond acceptors (Lipinski definition) is 8. The summed E-state index contributed by atoms with van der Waals surface area (Å²) in [4.78, 5) is 1.74. The van der Waals surface area contributed by atoms with E-state index < -0.39 is 12.7 Å². The van der Waals surface area contributed by atoms with Gasteiger partial charge in [-0.05, 0) is 0 Å². The van der Waals surface area contributed by atoms with Crippen LogP contribution in [0.2, 0.25) is 4.34 Å². The highest BCUT2D eigenvalue weighted by Gasteiger charge is 2.32. The van der Waals surface area contributed by atoms with E-state index in [-0.39, 0.29) is 16.9 Å². The van der Waals surface area contributed by atoms with E-state index in [0.29, 0.717) is 36.3 Å². The van der Waals surface area contributed by atoms with Gasteiger partial charge in [-0.1, -0.05) is 27.9 Å². The zero-order valence-corrected chi connectivity index (χ0v) is 14.6. The van der Waals surface area contributed by atoms with Crippen LogP contribution in [0.4, 0.5) is 19.1 Å². The predicted octanol–water partition coefficient (Wildman–Crippen LogP) is 2.47. The molecule has 1 saturated heterocycles. The maximum atomic E-state index is 13.0. The van der Waals surface area contributed by atoms with Crippen LogP contribution < -0.4 is 4.90 Å². The molecule has 0 unspecified atom stereocenters. The number of rotatable bonds is 5. The second-order valence-electron chi connectivity index (χ2n) is 4.87. The van der Waals surface area contributed by atoms with Gasteiger partial charge < -0.3 is 9.64 Å². The largest absolute Gasteiger partial charge is 0.406 e. The minimum atomic E-state index is -4.38. The van der Waals surface area contributed by atoms with Crippen LogP contribution in [-0.2, 0) is 17.0 Å². The Kier molecular flexibility index (Phi) is 5.47. The van der Waals surface area contributed by atoms with Crippen molar-refractivity contribution < 1.29 is 17.9 Å². The van der Waals surface area contributed by atoms with Crippen molar-refractivity contribution in [3.05, 3.63) is 10.0 Å². The Hall–Kier alpha value is -1.11. The van der Waals surface area contributed by atoms with Crippen LogP contribution in [0.3, 0.4) is 0 Å². The first-order chi connectivity index (χ1) is 11.4. The first kappa shape index (κ1) is 17.7. The molecule has 2 aromatic heterocycles. The maximum absolute atomic E-state index is 13.0. The van der Waals surface area contributed by atoms with Gasteiger partial charge in [-0.2, -0.15) is 13.2 Å².